The Balaban J connectivity index is 1.60. The van der Waals surface area contributed by atoms with Crippen molar-refractivity contribution in [2.24, 2.45) is 11.8 Å². The van der Waals surface area contributed by atoms with Gasteiger partial charge in [0, 0.05) is 44.4 Å². The molecule has 2 heterocycles. The number of rotatable bonds is 10. The molecule has 0 radical (unpaired) electrons. The monoisotopic (exact) mass is 577 g/mol. The number of aldehydes is 1. The number of morpholine rings is 1. The summed E-state index contributed by atoms with van der Waals surface area (Å²) in [4.78, 5) is 33.4. The Labute approximate surface area is 238 Å². The van der Waals surface area contributed by atoms with Gasteiger partial charge in [-0.1, -0.05) is 6.92 Å². The average molecular weight is 578 g/mol. The number of alkyl halides is 3. The zero-order chi connectivity index (χ0) is 29.6. The number of halogens is 3. The van der Waals surface area contributed by atoms with Crippen molar-refractivity contribution in [2.45, 2.75) is 58.3 Å². The number of pyridine rings is 1. The molecule has 1 aliphatic carbocycles. The number of methoxy groups -OCH3 is 1. The van der Waals surface area contributed by atoms with E-state index in [1.165, 1.54) is 31.5 Å². The second kappa shape index (κ2) is 13.8. The number of carbonyl (C=O) groups excluding carboxylic acids is 2. The van der Waals surface area contributed by atoms with Crippen LogP contribution in [0.5, 0.6) is 11.6 Å². The predicted octanol–water partition coefficient (Wildman–Crippen LogP) is 5.73. The van der Waals surface area contributed by atoms with Gasteiger partial charge in [-0.25, -0.2) is 4.98 Å². The Morgan fingerprint density at radius 1 is 1.20 bits per heavy atom. The molecule has 4 rings (SSSR count). The van der Waals surface area contributed by atoms with Crippen LogP contribution in [0.2, 0.25) is 0 Å². The molecule has 2 aromatic rings. The molecule has 8 nitrogen and oxygen atoms in total. The first kappa shape index (κ1) is 30.9. The second-order valence-corrected chi connectivity index (χ2v) is 11.0. The van der Waals surface area contributed by atoms with Crippen LogP contribution < -0.4 is 9.64 Å². The fourth-order valence-electron chi connectivity index (χ4n) is 5.50. The molecule has 1 aliphatic heterocycles. The molecule has 224 valence electrons. The minimum Gasteiger partial charge on any atom is -0.438 e. The van der Waals surface area contributed by atoms with Crippen LogP contribution in [-0.4, -0.2) is 68.1 Å². The molecule has 1 saturated carbocycles. The van der Waals surface area contributed by atoms with Gasteiger partial charge in [0.2, 0.25) is 11.8 Å². The van der Waals surface area contributed by atoms with Crippen molar-refractivity contribution in [3.05, 3.63) is 47.2 Å². The van der Waals surface area contributed by atoms with Crippen molar-refractivity contribution in [3.63, 3.8) is 0 Å². The minimum atomic E-state index is -4.70. The summed E-state index contributed by atoms with van der Waals surface area (Å²) in [6.07, 6.45) is 0.683. The van der Waals surface area contributed by atoms with Gasteiger partial charge in [-0.15, -0.1) is 0 Å². The van der Waals surface area contributed by atoms with E-state index in [4.69, 9.17) is 14.2 Å². The maximum absolute atomic E-state index is 14.0. The zero-order valence-electron chi connectivity index (χ0n) is 23.8. The topological polar surface area (TPSA) is 81.2 Å². The largest absolute Gasteiger partial charge is 0.438 e. The molecule has 1 saturated heterocycles. The van der Waals surface area contributed by atoms with E-state index in [9.17, 15) is 22.8 Å². The Morgan fingerprint density at radius 2 is 1.90 bits per heavy atom. The smallest absolute Gasteiger partial charge is 0.421 e. The average Bonchev–Trinajstić information content (AvgIpc) is 2.95. The summed E-state index contributed by atoms with van der Waals surface area (Å²) in [6.45, 7) is 6.89. The molecule has 1 aromatic heterocycles. The highest BCUT2D eigenvalue weighted by atomic mass is 19.4. The Kier molecular flexibility index (Phi) is 10.4. The molecule has 0 bridgehead atoms. The third-order valence-corrected chi connectivity index (χ3v) is 7.77. The molecule has 0 spiro atoms. The highest BCUT2D eigenvalue weighted by Gasteiger charge is 2.37. The normalized spacial score (nSPS) is 20.8. The lowest BCUT2D eigenvalue weighted by molar-refractivity contribution is -0.139. The van der Waals surface area contributed by atoms with Crippen LogP contribution in [0.3, 0.4) is 0 Å². The van der Waals surface area contributed by atoms with Gasteiger partial charge in [0.1, 0.15) is 11.3 Å². The number of nitrogens with zero attached hydrogens (tertiary/aromatic N) is 3. The fraction of sp³-hybridized carbons (Fsp3) is 0.567. The number of amides is 1. The molecule has 0 unspecified atom stereocenters. The molecular weight excluding hydrogens is 539 g/mol. The van der Waals surface area contributed by atoms with Crippen molar-refractivity contribution >= 4 is 17.9 Å². The molecule has 41 heavy (non-hydrogen) atoms. The number of benzene rings is 1. The molecule has 11 heteroatoms. The first-order valence-corrected chi connectivity index (χ1v) is 14.1. The lowest BCUT2D eigenvalue weighted by atomic mass is 9.82. The van der Waals surface area contributed by atoms with Gasteiger partial charge in [-0.2, -0.15) is 13.2 Å². The van der Waals surface area contributed by atoms with Crippen LogP contribution >= 0.6 is 0 Å². The first-order valence-electron chi connectivity index (χ1n) is 14.1. The fourth-order valence-corrected chi connectivity index (χ4v) is 5.50. The van der Waals surface area contributed by atoms with E-state index in [-0.39, 0.29) is 35.8 Å². The molecule has 0 N–H and O–H groups in total. The lowest BCUT2D eigenvalue weighted by Crippen LogP contribution is -2.45. The van der Waals surface area contributed by atoms with E-state index in [0.29, 0.717) is 56.3 Å². The SMILES string of the molecule is COC[C@H](C)N(C(=O)C1CCC(C)CC1)c1ccc(Oc2ncc(CN3CCOCC3)cc2C(F)(F)F)cc1C=O. The summed E-state index contributed by atoms with van der Waals surface area (Å²) < 4.78 is 58.2. The quantitative estimate of drug-likeness (QED) is 0.334. The number of aromatic nitrogens is 1. The van der Waals surface area contributed by atoms with Gasteiger partial charge in [0.25, 0.3) is 0 Å². The van der Waals surface area contributed by atoms with Gasteiger partial charge in [0.05, 0.1) is 31.5 Å². The maximum Gasteiger partial charge on any atom is 0.421 e. The number of ether oxygens (including phenoxy) is 3. The van der Waals surface area contributed by atoms with Crippen LogP contribution in [0.4, 0.5) is 18.9 Å². The highest BCUT2D eigenvalue weighted by Crippen LogP contribution is 2.39. The van der Waals surface area contributed by atoms with Gasteiger partial charge in [0.15, 0.2) is 6.29 Å². The van der Waals surface area contributed by atoms with Crippen LogP contribution in [0.1, 0.15) is 61.0 Å². The van der Waals surface area contributed by atoms with Crippen LogP contribution in [0.15, 0.2) is 30.5 Å². The second-order valence-electron chi connectivity index (χ2n) is 11.0. The van der Waals surface area contributed by atoms with Crippen LogP contribution in [0.25, 0.3) is 0 Å². The maximum atomic E-state index is 14.0. The van der Waals surface area contributed by atoms with Crippen molar-refractivity contribution in [1.82, 2.24) is 9.88 Å². The number of hydrogen-bond donors (Lipinski definition) is 0. The minimum absolute atomic E-state index is 0.00747. The van der Waals surface area contributed by atoms with E-state index in [1.54, 1.807) is 4.90 Å². The first-order chi connectivity index (χ1) is 19.6. The van der Waals surface area contributed by atoms with Gasteiger partial charge < -0.3 is 19.1 Å². The van der Waals surface area contributed by atoms with Crippen molar-refractivity contribution < 1.29 is 37.0 Å². The molecular formula is C30H38F3N3O5. The highest BCUT2D eigenvalue weighted by molar-refractivity contribution is 6.00. The van der Waals surface area contributed by atoms with E-state index in [1.807, 2.05) is 11.8 Å². The molecule has 2 fully saturated rings. The third kappa shape index (κ3) is 7.84. The molecule has 1 aromatic carbocycles. The van der Waals surface area contributed by atoms with Crippen LogP contribution in [-0.2, 0) is 27.0 Å². The molecule has 1 atom stereocenters. The van der Waals surface area contributed by atoms with Crippen molar-refractivity contribution in [1.29, 1.82) is 0 Å². The third-order valence-electron chi connectivity index (χ3n) is 7.77. The Morgan fingerprint density at radius 3 is 2.54 bits per heavy atom. The van der Waals surface area contributed by atoms with E-state index >= 15 is 0 Å². The summed E-state index contributed by atoms with van der Waals surface area (Å²) in [5, 5.41) is 0. The summed E-state index contributed by atoms with van der Waals surface area (Å²) in [5.74, 6) is -0.294. The zero-order valence-corrected chi connectivity index (χ0v) is 23.8. The standard InChI is InChI=1S/C30H38F3N3O5/c1-20-4-6-23(7-5-20)29(38)36(21(2)19-39-3)27-9-8-25(15-24(27)18-37)41-28-26(30(31,32)33)14-22(16-34-28)17-35-10-12-40-13-11-35/h8-9,14-16,18,20-21,23H,4-7,10-13,17,19H2,1-3H3/t20?,21-,23?/m0/s1. The Bertz CT molecular complexity index is 1190. The predicted molar refractivity (Wildman–Crippen MR) is 147 cm³/mol. The summed E-state index contributed by atoms with van der Waals surface area (Å²) in [6, 6.07) is 5.01. The molecule has 1 amide bonds. The summed E-state index contributed by atoms with van der Waals surface area (Å²) in [5.41, 5.74) is -0.100. The number of carbonyl (C=O) groups is 2. The summed E-state index contributed by atoms with van der Waals surface area (Å²) >= 11 is 0. The van der Waals surface area contributed by atoms with E-state index in [0.717, 1.165) is 31.7 Å². The van der Waals surface area contributed by atoms with Crippen molar-refractivity contribution in [2.75, 3.05) is 44.9 Å². The van der Waals surface area contributed by atoms with Crippen LogP contribution in [0, 0.1) is 11.8 Å². The number of anilines is 1. The number of hydrogen-bond acceptors (Lipinski definition) is 7. The van der Waals surface area contributed by atoms with Crippen molar-refractivity contribution in [3.8, 4) is 11.6 Å². The molecule has 2 aliphatic rings. The van der Waals surface area contributed by atoms with Gasteiger partial charge in [-0.05, 0) is 68.4 Å². The summed E-state index contributed by atoms with van der Waals surface area (Å²) in [7, 11) is 1.54. The lowest BCUT2D eigenvalue weighted by Gasteiger charge is -2.35. The van der Waals surface area contributed by atoms with E-state index < -0.39 is 17.6 Å². The Hall–Kier alpha value is -3.02. The van der Waals surface area contributed by atoms with Gasteiger partial charge in [-0.3, -0.25) is 14.5 Å². The van der Waals surface area contributed by atoms with E-state index in [2.05, 4.69) is 11.9 Å². The van der Waals surface area contributed by atoms with Gasteiger partial charge >= 0.3 is 6.18 Å².